The molecule has 1 heterocycles. The quantitative estimate of drug-likeness (QED) is 0.0195. The van der Waals surface area contributed by atoms with Crippen molar-refractivity contribution in [2.24, 2.45) is 0 Å². The van der Waals surface area contributed by atoms with E-state index >= 15 is 0 Å². The van der Waals surface area contributed by atoms with Gasteiger partial charge >= 0.3 is 5.97 Å². The van der Waals surface area contributed by atoms with Crippen LogP contribution in [0.3, 0.4) is 0 Å². The molecule has 0 radical (unpaired) electrons. The van der Waals surface area contributed by atoms with Gasteiger partial charge in [-0.05, 0) is 96.3 Å². The second kappa shape index (κ2) is 74.5. The van der Waals surface area contributed by atoms with Crippen LogP contribution in [0.5, 0.6) is 0 Å². The van der Waals surface area contributed by atoms with E-state index in [9.17, 15) is 35.1 Å². The molecule has 0 spiro atoms. The number of carbonyl (C=O) groups excluding carboxylic acids is 2. The summed E-state index contributed by atoms with van der Waals surface area (Å²) < 4.78 is 16.8. The first-order chi connectivity index (χ1) is 47.7. The van der Waals surface area contributed by atoms with Gasteiger partial charge in [0.25, 0.3) is 0 Å². The fourth-order valence-electron chi connectivity index (χ4n) is 13.3. The fourth-order valence-corrected chi connectivity index (χ4v) is 13.3. The van der Waals surface area contributed by atoms with Crippen LogP contribution < -0.4 is 5.32 Å². The lowest BCUT2D eigenvalue weighted by atomic mass is 9.99. The van der Waals surface area contributed by atoms with Crippen molar-refractivity contribution >= 4 is 11.9 Å². The number of nitrogens with one attached hydrogen (secondary N) is 1. The van der Waals surface area contributed by atoms with Crippen LogP contribution >= 0.6 is 0 Å². The number of hydrogen-bond donors (Lipinski definition) is 6. The molecule has 0 aliphatic carbocycles. The topological polar surface area (TPSA) is 175 Å². The maximum Gasteiger partial charge on any atom is 0.305 e. The molecule has 1 aliphatic heterocycles. The molecule has 0 aromatic carbocycles. The highest BCUT2D eigenvalue weighted by molar-refractivity contribution is 5.76. The molecule has 1 amide bonds. The number of ether oxygens (including phenoxy) is 3. The van der Waals surface area contributed by atoms with Gasteiger partial charge in [0.05, 0.1) is 32.0 Å². The predicted octanol–water partition coefficient (Wildman–Crippen LogP) is 23.2. The summed E-state index contributed by atoms with van der Waals surface area (Å²) in [5.74, 6) is -0.170. The second-order valence-corrected chi connectivity index (χ2v) is 29.2. The smallest absolute Gasteiger partial charge is 0.305 e. The standard InChI is InChI=1S/C86H159NO10/c1-3-5-7-9-11-13-15-17-18-19-44-47-50-54-58-62-66-70-74-82(91)95-75-71-67-63-59-55-51-48-45-42-40-38-36-34-32-30-28-26-24-22-20-21-23-25-27-29-31-33-35-37-39-41-43-46-49-53-57-61-65-69-73-81(90)87-78(77-96-86-85(94)84(93)83(92)80(76-88)97-86)79(89)72-68-64-60-56-52-16-14-12-10-8-6-4-2/h13,15,18-21,24,26,68,72,78-80,83-86,88-89,92-94H,3-12,14,16-17,22-23,25,27-67,69-71,73-77H2,1-2H3,(H,87,90)/b15-13-,19-18-,21-20-,26-24-,72-68+. The summed E-state index contributed by atoms with van der Waals surface area (Å²) >= 11 is 0. The van der Waals surface area contributed by atoms with Crippen LogP contribution in [-0.2, 0) is 23.8 Å². The molecule has 0 saturated carbocycles. The van der Waals surface area contributed by atoms with Crippen LogP contribution in [0.25, 0.3) is 0 Å². The minimum absolute atomic E-state index is 0.00755. The third-order valence-corrected chi connectivity index (χ3v) is 19.8. The number of unbranched alkanes of at least 4 members (excludes halogenated alkanes) is 53. The maximum absolute atomic E-state index is 13.1. The van der Waals surface area contributed by atoms with Crippen molar-refractivity contribution in [3.05, 3.63) is 60.8 Å². The van der Waals surface area contributed by atoms with Gasteiger partial charge in [0.15, 0.2) is 6.29 Å². The van der Waals surface area contributed by atoms with E-state index in [0.717, 1.165) is 70.6 Å². The van der Waals surface area contributed by atoms with Gasteiger partial charge in [-0.15, -0.1) is 0 Å². The van der Waals surface area contributed by atoms with Crippen molar-refractivity contribution in [3.63, 3.8) is 0 Å². The molecule has 1 aliphatic rings. The van der Waals surface area contributed by atoms with E-state index in [4.69, 9.17) is 14.2 Å². The summed E-state index contributed by atoms with van der Waals surface area (Å²) in [6.45, 7) is 4.37. The van der Waals surface area contributed by atoms with Crippen molar-refractivity contribution in [1.29, 1.82) is 0 Å². The highest BCUT2D eigenvalue weighted by Gasteiger charge is 2.44. The van der Waals surface area contributed by atoms with E-state index in [0.29, 0.717) is 19.4 Å². The minimum Gasteiger partial charge on any atom is -0.466 e. The van der Waals surface area contributed by atoms with Crippen molar-refractivity contribution < 1.29 is 49.3 Å². The molecule has 6 N–H and O–H groups in total. The fraction of sp³-hybridized carbons (Fsp3) is 0.860. The first-order valence-electron chi connectivity index (χ1n) is 42.1. The van der Waals surface area contributed by atoms with Crippen LogP contribution in [0.15, 0.2) is 60.8 Å². The lowest BCUT2D eigenvalue weighted by Gasteiger charge is -2.40. The molecular formula is C86H159NO10. The van der Waals surface area contributed by atoms with E-state index in [1.54, 1.807) is 6.08 Å². The van der Waals surface area contributed by atoms with Crippen molar-refractivity contribution in [1.82, 2.24) is 5.32 Å². The summed E-state index contributed by atoms with van der Waals surface area (Å²) in [7, 11) is 0. The molecule has 11 nitrogen and oxygen atoms in total. The maximum atomic E-state index is 13.1. The van der Waals surface area contributed by atoms with E-state index in [1.807, 2.05) is 6.08 Å². The largest absolute Gasteiger partial charge is 0.466 e. The highest BCUT2D eigenvalue weighted by atomic mass is 16.7. The van der Waals surface area contributed by atoms with E-state index in [-0.39, 0.29) is 18.5 Å². The summed E-state index contributed by atoms with van der Waals surface area (Å²) in [6, 6.07) is -0.808. The Morgan fingerprint density at radius 1 is 0.381 bits per heavy atom. The number of aliphatic hydroxyl groups is 5. The van der Waals surface area contributed by atoms with Crippen LogP contribution in [-0.4, -0.2) is 100 Å². The molecule has 1 fully saturated rings. The number of carbonyl (C=O) groups is 2. The van der Waals surface area contributed by atoms with E-state index in [2.05, 4.69) is 67.8 Å². The molecule has 0 aromatic rings. The van der Waals surface area contributed by atoms with Crippen molar-refractivity contribution in [2.75, 3.05) is 19.8 Å². The molecular weight excluding hydrogens is 1210 g/mol. The molecule has 0 bridgehead atoms. The highest BCUT2D eigenvalue weighted by Crippen LogP contribution is 2.24. The zero-order chi connectivity index (χ0) is 70.1. The van der Waals surface area contributed by atoms with Crippen molar-refractivity contribution in [2.45, 2.75) is 455 Å². The normalized spacial score (nSPS) is 17.5. The van der Waals surface area contributed by atoms with Gasteiger partial charge in [-0.1, -0.05) is 364 Å². The Bertz CT molecular complexity index is 1800. The number of allylic oxidation sites excluding steroid dienone is 9. The Balaban J connectivity index is 1.88. The number of rotatable bonds is 75. The number of amides is 1. The minimum atomic E-state index is -1.57. The van der Waals surface area contributed by atoms with Gasteiger partial charge in [0, 0.05) is 12.8 Å². The lowest BCUT2D eigenvalue weighted by molar-refractivity contribution is -0.302. The zero-order valence-corrected chi connectivity index (χ0v) is 63.6. The lowest BCUT2D eigenvalue weighted by Crippen LogP contribution is -2.60. The predicted molar refractivity (Wildman–Crippen MR) is 412 cm³/mol. The molecule has 568 valence electrons. The Morgan fingerprint density at radius 3 is 1.05 bits per heavy atom. The van der Waals surface area contributed by atoms with Gasteiger partial charge < -0.3 is 45.1 Å². The van der Waals surface area contributed by atoms with E-state index in [1.165, 1.54) is 315 Å². The molecule has 11 heteroatoms. The van der Waals surface area contributed by atoms with E-state index < -0.39 is 49.5 Å². The molecule has 0 aromatic heterocycles. The first kappa shape index (κ1) is 92.4. The van der Waals surface area contributed by atoms with Crippen molar-refractivity contribution in [3.8, 4) is 0 Å². The van der Waals surface area contributed by atoms with Gasteiger partial charge in [0.2, 0.25) is 5.91 Å². The molecule has 7 atom stereocenters. The summed E-state index contributed by atoms with van der Waals surface area (Å²) in [5.41, 5.74) is 0. The second-order valence-electron chi connectivity index (χ2n) is 29.2. The SMILES string of the molecule is CCCCCC/C=C\C/C=C\CCCCCCCCCC(=O)OCCCCCCCCCCCCCCCCC/C=C\C/C=C\CCCCCCCCCCCCCCCCCCCC(=O)NC(COC1OC(CO)C(O)C(O)C1O)C(O)/C=C/CCCCCCCCCCCC. The van der Waals surface area contributed by atoms with Gasteiger partial charge in [-0.2, -0.15) is 0 Å². The van der Waals surface area contributed by atoms with Crippen LogP contribution in [0.4, 0.5) is 0 Å². The van der Waals surface area contributed by atoms with Gasteiger partial charge in [-0.25, -0.2) is 0 Å². The number of hydrogen-bond acceptors (Lipinski definition) is 10. The molecule has 1 saturated heterocycles. The molecule has 97 heavy (non-hydrogen) atoms. The van der Waals surface area contributed by atoms with Gasteiger partial charge in [-0.3, -0.25) is 9.59 Å². The Morgan fingerprint density at radius 2 is 0.691 bits per heavy atom. The average molecular weight is 1370 g/mol. The monoisotopic (exact) mass is 1370 g/mol. The summed E-state index contributed by atoms with van der Waals surface area (Å²) in [6.07, 6.45) is 91.2. The van der Waals surface area contributed by atoms with Crippen LogP contribution in [0, 0.1) is 0 Å². The summed E-state index contributed by atoms with van der Waals surface area (Å²) in [4.78, 5) is 25.2. The van der Waals surface area contributed by atoms with Gasteiger partial charge in [0.1, 0.15) is 24.4 Å². The Hall–Kier alpha value is -2.64. The molecule has 7 unspecified atom stereocenters. The number of esters is 1. The Labute approximate surface area is 598 Å². The Kier molecular flexibility index (Phi) is 71.0. The zero-order valence-electron chi connectivity index (χ0n) is 63.6. The summed E-state index contributed by atoms with van der Waals surface area (Å²) in [5, 5.41) is 54.5. The third kappa shape index (κ3) is 62.8. The number of aliphatic hydroxyl groups excluding tert-OH is 5. The third-order valence-electron chi connectivity index (χ3n) is 19.8. The average Bonchev–Trinajstić information content (AvgIpc) is 0.874. The van der Waals surface area contributed by atoms with Crippen LogP contribution in [0.2, 0.25) is 0 Å². The molecule has 1 rings (SSSR count). The van der Waals surface area contributed by atoms with Crippen LogP contribution in [0.1, 0.15) is 412 Å². The first-order valence-corrected chi connectivity index (χ1v) is 42.1.